The largest absolute Gasteiger partial charge is 0.379 e. The van der Waals surface area contributed by atoms with E-state index in [1.54, 1.807) is 4.90 Å². The average Bonchev–Trinajstić information content (AvgIpc) is 3.05. The number of halogens is 1. The second-order valence-corrected chi connectivity index (χ2v) is 5.26. The van der Waals surface area contributed by atoms with Gasteiger partial charge in [-0.25, -0.2) is 0 Å². The summed E-state index contributed by atoms with van der Waals surface area (Å²) in [6, 6.07) is 0. The SMILES string of the molecule is CCC(Br)C(=O)N(C)CCOCC1CC1. The molecule has 0 aromatic heterocycles. The molecule has 1 rings (SSSR count). The van der Waals surface area contributed by atoms with Gasteiger partial charge in [0.25, 0.3) is 0 Å². The molecule has 0 aromatic carbocycles. The second kappa shape index (κ2) is 6.48. The Morgan fingerprint density at radius 3 is 2.80 bits per heavy atom. The number of ether oxygens (including phenoxy) is 1. The number of amides is 1. The lowest BCUT2D eigenvalue weighted by atomic mass is 10.3. The number of likely N-dealkylation sites (N-methyl/N-ethyl adjacent to an activating group) is 1. The van der Waals surface area contributed by atoms with E-state index in [4.69, 9.17) is 4.74 Å². The molecule has 88 valence electrons. The first-order chi connectivity index (χ1) is 7.15. The van der Waals surface area contributed by atoms with Crippen molar-refractivity contribution in [2.45, 2.75) is 31.0 Å². The molecule has 0 bridgehead atoms. The molecule has 3 nitrogen and oxygen atoms in total. The minimum Gasteiger partial charge on any atom is -0.379 e. The topological polar surface area (TPSA) is 29.5 Å². The number of hydrogen-bond acceptors (Lipinski definition) is 2. The maximum absolute atomic E-state index is 11.6. The van der Waals surface area contributed by atoms with Gasteiger partial charge in [-0.3, -0.25) is 4.79 Å². The highest BCUT2D eigenvalue weighted by molar-refractivity contribution is 9.10. The number of carbonyl (C=O) groups is 1. The van der Waals surface area contributed by atoms with E-state index < -0.39 is 0 Å². The van der Waals surface area contributed by atoms with Crippen molar-refractivity contribution >= 4 is 21.8 Å². The molecule has 0 aliphatic heterocycles. The quantitative estimate of drug-likeness (QED) is 0.527. The standard InChI is InChI=1S/C11H20BrNO2/c1-3-10(12)11(14)13(2)6-7-15-8-9-4-5-9/h9-10H,3-8H2,1-2H3. The van der Waals surface area contributed by atoms with Crippen molar-refractivity contribution in [2.24, 2.45) is 5.92 Å². The zero-order valence-electron chi connectivity index (χ0n) is 9.54. The summed E-state index contributed by atoms with van der Waals surface area (Å²) in [4.78, 5) is 13.3. The monoisotopic (exact) mass is 277 g/mol. The predicted molar refractivity (Wildman–Crippen MR) is 64.2 cm³/mol. The highest BCUT2D eigenvalue weighted by atomic mass is 79.9. The van der Waals surface area contributed by atoms with Gasteiger partial charge in [-0.2, -0.15) is 0 Å². The van der Waals surface area contributed by atoms with Crippen LogP contribution in [0.5, 0.6) is 0 Å². The summed E-state index contributed by atoms with van der Waals surface area (Å²) < 4.78 is 5.48. The van der Waals surface area contributed by atoms with Gasteiger partial charge in [0.05, 0.1) is 11.4 Å². The third-order valence-electron chi connectivity index (χ3n) is 2.62. The highest BCUT2D eigenvalue weighted by Crippen LogP contribution is 2.28. The summed E-state index contributed by atoms with van der Waals surface area (Å²) in [5.74, 6) is 0.943. The Bertz CT molecular complexity index is 207. The molecule has 1 atom stereocenters. The summed E-state index contributed by atoms with van der Waals surface area (Å²) in [6.07, 6.45) is 3.45. The second-order valence-electron chi connectivity index (χ2n) is 4.15. The third kappa shape index (κ3) is 4.98. The van der Waals surface area contributed by atoms with E-state index in [9.17, 15) is 4.79 Å². The summed E-state index contributed by atoms with van der Waals surface area (Å²) in [6.45, 7) is 4.21. The number of carbonyl (C=O) groups excluding carboxylic acids is 1. The first kappa shape index (κ1) is 13.0. The Kier molecular flexibility index (Phi) is 5.61. The van der Waals surface area contributed by atoms with Gasteiger partial charge >= 0.3 is 0 Å². The van der Waals surface area contributed by atoms with Crippen molar-refractivity contribution in [3.05, 3.63) is 0 Å². The Hall–Kier alpha value is -0.0900. The fourth-order valence-corrected chi connectivity index (χ4v) is 1.61. The van der Waals surface area contributed by atoms with Crippen LogP contribution in [-0.4, -0.2) is 42.4 Å². The molecule has 15 heavy (non-hydrogen) atoms. The van der Waals surface area contributed by atoms with E-state index in [-0.39, 0.29) is 10.7 Å². The molecule has 1 unspecified atom stereocenters. The molecule has 1 aliphatic rings. The number of alkyl halides is 1. The Balaban J connectivity index is 2.05. The predicted octanol–water partition coefficient (Wildman–Crippen LogP) is 2.04. The van der Waals surface area contributed by atoms with Gasteiger partial charge < -0.3 is 9.64 Å². The van der Waals surface area contributed by atoms with Gasteiger partial charge in [-0.05, 0) is 25.2 Å². The van der Waals surface area contributed by atoms with Gasteiger partial charge in [-0.1, -0.05) is 22.9 Å². The van der Waals surface area contributed by atoms with Gasteiger partial charge in [0.2, 0.25) is 5.91 Å². The van der Waals surface area contributed by atoms with Gasteiger partial charge in [0, 0.05) is 20.2 Å². The van der Waals surface area contributed by atoms with E-state index in [1.165, 1.54) is 12.8 Å². The van der Waals surface area contributed by atoms with Crippen LogP contribution in [-0.2, 0) is 9.53 Å². The molecule has 0 radical (unpaired) electrons. The molecule has 1 saturated carbocycles. The van der Waals surface area contributed by atoms with Crippen LogP contribution in [0.15, 0.2) is 0 Å². The normalized spacial score (nSPS) is 17.5. The molecule has 0 saturated heterocycles. The average molecular weight is 278 g/mol. The molecular weight excluding hydrogens is 258 g/mol. The molecule has 0 N–H and O–H groups in total. The Morgan fingerprint density at radius 1 is 1.60 bits per heavy atom. The molecule has 1 amide bonds. The first-order valence-electron chi connectivity index (χ1n) is 5.62. The fraction of sp³-hybridized carbons (Fsp3) is 0.909. The number of rotatable bonds is 7. The highest BCUT2D eigenvalue weighted by Gasteiger charge is 2.21. The number of hydrogen-bond donors (Lipinski definition) is 0. The van der Waals surface area contributed by atoms with Crippen LogP contribution in [0, 0.1) is 5.92 Å². The van der Waals surface area contributed by atoms with Crippen LogP contribution in [0.25, 0.3) is 0 Å². The molecule has 0 heterocycles. The van der Waals surface area contributed by atoms with Gasteiger partial charge in [0.1, 0.15) is 0 Å². The van der Waals surface area contributed by atoms with E-state index >= 15 is 0 Å². The van der Waals surface area contributed by atoms with E-state index in [0.29, 0.717) is 13.2 Å². The van der Waals surface area contributed by atoms with Crippen molar-refractivity contribution in [2.75, 3.05) is 26.8 Å². The van der Waals surface area contributed by atoms with Gasteiger partial charge in [-0.15, -0.1) is 0 Å². The van der Waals surface area contributed by atoms with E-state index in [1.807, 2.05) is 14.0 Å². The lowest BCUT2D eigenvalue weighted by molar-refractivity contribution is -0.129. The Morgan fingerprint density at radius 2 is 2.27 bits per heavy atom. The molecule has 1 fully saturated rings. The van der Waals surface area contributed by atoms with Crippen LogP contribution >= 0.6 is 15.9 Å². The lowest BCUT2D eigenvalue weighted by Gasteiger charge is -2.19. The smallest absolute Gasteiger partial charge is 0.236 e. The van der Waals surface area contributed by atoms with Crippen LogP contribution in [0.2, 0.25) is 0 Å². The molecular formula is C11H20BrNO2. The minimum absolute atomic E-state index is 0.0501. The van der Waals surface area contributed by atoms with Crippen molar-refractivity contribution < 1.29 is 9.53 Å². The van der Waals surface area contributed by atoms with E-state index in [0.717, 1.165) is 18.9 Å². The molecule has 0 aromatic rings. The van der Waals surface area contributed by atoms with Crippen LogP contribution in [0.1, 0.15) is 26.2 Å². The van der Waals surface area contributed by atoms with Crippen LogP contribution in [0.4, 0.5) is 0 Å². The number of nitrogens with zero attached hydrogens (tertiary/aromatic N) is 1. The lowest BCUT2D eigenvalue weighted by Crippen LogP contribution is -2.35. The minimum atomic E-state index is -0.0501. The third-order valence-corrected chi connectivity index (χ3v) is 3.66. The van der Waals surface area contributed by atoms with Crippen LogP contribution in [0.3, 0.4) is 0 Å². The molecule has 4 heteroatoms. The summed E-state index contributed by atoms with van der Waals surface area (Å²) >= 11 is 3.35. The molecule has 1 aliphatic carbocycles. The van der Waals surface area contributed by atoms with Crippen molar-refractivity contribution in [3.63, 3.8) is 0 Å². The first-order valence-corrected chi connectivity index (χ1v) is 6.53. The Labute approximate surface area is 100 Å². The van der Waals surface area contributed by atoms with Crippen molar-refractivity contribution in [3.8, 4) is 0 Å². The maximum atomic E-state index is 11.6. The summed E-state index contributed by atoms with van der Waals surface area (Å²) in [5.41, 5.74) is 0. The molecule has 0 spiro atoms. The van der Waals surface area contributed by atoms with Crippen LogP contribution < -0.4 is 0 Å². The zero-order chi connectivity index (χ0) is 11.3. The zero-order valence-corrected chi connectivity index (χ0v) is 11.1. The summed E-state index contributed by atoms with van der Waals surface area (Å²) in [7, 11) is 1.83. The van der Waals surface area contributed by atoms with Crippen molar-refractivity contribution in [1.29, 1.82) is 0 Å². The van der Waals surface area contributed by atoms with Gasteiger partial charge in [0.15, 0.2) is 0 Å². The van der Waals surface area contributed by atoms with Crippen molar-refractivity contribution in [1.82, 2.24) is 4.90 Å². The maximum Gasteiger partial charge on any atom is 0.236 e. The summed E-state index contributed by atoms with van der Waals surface area (Å²) in [5, 5.41) is 0. The fourth-order valence-electron chi connectivity index (χ4n) is 1.26. The van der Waals surface area contributed by atoms with E-state index in [2.05, 4.69) is 15.9 Å².